The Hall–Kier alpha value is -5.15. The molecule has 1 fully saturated rings. The van der Waals surface area contributed by atoms with Crippen LogP contribution >= 0.6 is 0 Å². The van der Waals surface area contributed by atoms with Gasteiger partial charge in [0.2, 0.25) is 0 Å². The molecule has 45 heavy (non-hydrogen) atoms. The van der Waals surface area contributed by atoms with E-state index in [-0.39, 0.29) is 11.8 Å². The molecule has 4 aromatic carbocycles. The third-order valence-corrected chi connectivity index (χ3v) is 8.18. The molecule has 9 heteroatoms. The highest BCUT2D eigenvalue weighted by Gasteiger charge is 2.20. The summed E-state index contributed by atoms with van der Waals surface area (Å²) in [6, 6.07) is 28.7. The molecule has 230 valence electrons. The van der Waals surface area contributed by atoms with Gasteiger partial charge in [0.15, 0.2) is 5.78 Å². The average Bonchev–Trinajstić information content (AvgIpc) is 3.51. The van der Waals surface area contributed by atoms with Gasteiger partial charge in [-0.15, -0.1) is 0 Å². The first-order valence-corrected chi connectivity index (χ1v) is 15.4. The average molecular weight is 603 g/mol. The van der Waals surface area contributed by atoms with E-state index in [1.807, 2.05) is 24.3 Å². The summed E-state index contributed by atoms with van der Waals surface area (Å²) in [5, 5.41) is 5.58. The van der Waals surface area contributed by atoms with Gasteiger partial charge in [-0.3, -0.25) is 9.69 Å². The minimum Gasteiger partial charge on any atom is -0.492 e. The zero-order valence-corrected chi connectivity index (χ0v) is 25.7. The SMILES string of the molecule is CCc1ccc(-c2nc3c(N4CCN(CCOc5ccc(NC(=O)Nc6ccc(C(C)=O)cc6)cc5)CC4)cccc3[nH]2)cc1. The standard InChI is InChI=1S/C36H38N6O3/c1-3-26-7-9-28(10-8-26)35-39-32-5-4-6-33(34(32)40-35)42-21-19-41(20-22-42)23-24-45-31-17-15-30(16-18-31)38-36(44)37-29-13-11-27(12-14-29)25(2)43/h4-18H,3,19-24H2,1-2H3,(H,39,40)(H2,37,38,44). The van der Waals surface area contributed by atoms with Crippen molar-refractivity contribution in [3.8, 4) is 17.1 Å². The molecule has 0 bridgehead atoms. The van der Waals surface area contributed by atoms with Crippen molar-refractivity contribution in [1.29, 1.82) is 0 Å². The lowest BCUT2D eigenvalue weighted by atomic mass is 10.1. The van der Waals surface area contributed by atoms with Crippen molar-refractivity contribution in [3.05, 3.63) is 102 Å². The van der Waals surface area contributed by atoms with E-state index >= 15 is 0 Å². The number of amides is 2. The lowest BCUT2D eigenvalue weighted by Gasteiger charge is -2.36. The summed E-state index contributed by atoms with van der Waals surface area (Å²) in [5.41, 5.74) is 7.54. The highest BCUT2D eigenvalue weighted by Crippen LogP contribution is 2.29. The smallest absolute Gasteiger partial charge is 0.323 e. The zero-order valence-electron chi connectivity index (χ0n) is 25.7. The molecule has 6 rings (SSSR count). The summed E-state index contributed by atoms with van der Waals surface area (Å²) in [4.78, 5) is 37.1. The number of aryl methyl sites for hydroxylation is 1. The number of Topliss-reactive ketones (excluding diaryl/α,β-unsaturated/α-hetero) is 1. The molecule has 5 aromatic rings. The van der Waals surface area contributed by atoms with Gasteiger partial charge < -0.3 is 25.3 Å². The van der Waals surface area contributed by atoms with Gasteiger partial charge in [0, 0.05) is 55.2 Å². The van der Waals surface area contributed by atoms with Gasteiger partial charge in [-0.05, 0) is 79.6 Å². The second-order valence-electron chi connectivity index (χ2n) is 11.2. The number of carbonyl (C=O) groups is 2. The van der Waals surface area contributed by atoms with Crippen molar-refractivity contribution in [2.45, 2.75) is 20.3 Å². The molecule has 0 saturated carbocycles. The number of aromatic nitrogens is 2. The van der Waals surface area contributed by atoms with E-state index in [0.29, 0.717) is 23.5 Å². The maximum Gasteiger partial charge on any atom is 0.323 e. The van der Waals surface area contributed by atoms with Crippen molar-refractivity contribution in [2.24, 2.45) is 0 Å². The van der Waals surface area contributed by atoms with Crippen LogP contribution in [0.25, 0.3) is 22.4 Å². The predicted octanol–water partition coefficient (Wildman–Crippen LogP) is 6.84. The van der Waals surface area contributed by atoms with Gasteiger partial charge in [0.1, 0.15) is 23.7 Å². The van der Waals surface area contributed by atoms with Crippen LogP contribution in [0.3, 0.4) is 0 Å². The summed E-state index contributed by atoms with van der Waals surface area (Å²) in [5.74, 6) is 1.64. The maximum absolute atomic E-state index is 12.4. The number of ether oxygens (including phenoxy) is 1. The van der Waals surface area contributed by atoms with Gasteiger partial charge in [-0.1, -0.05) is 37.3 Å². The number of anilines is 3. The van der Waals surface area contributed by atoms with E-state index in [4.69, 9.17) is 9.72 Å². The number of para-hydroxylation sites is 1. The van der Waals surface area contributed by atoms with Crippen LogP contribution in [0.4, 0.5) is 21.9 Å². The summed E-state index contributed by atoms with van der Waals surface area (Å²) in [6.45, 7) is 8.85. The van der Waals surface area contributed by atoms with E-state index in [1.165, 1.54) is 18.2 Å². The van der Waals surface area contributed by atoms with Crippen molar-refractivity contribution < 1.29 is 14.3 Å². The van der Waals surface area contributed by atoms with Gasteiger partial charge in [0.25, 0.3) is 0 Å². The number of carbonyl (C=O) groups excluding carboxylic acids is 2. The van der Waals surface area contributed by atoms with E-state index in [0.717, 1.165) is 67.3 Å². The fourth-order valence-electron chi connectivity index (χ4n) is 5.53. The highest BCUT2D eigenvalue weighted by molar-refractivity contribution is 6.00. The first-order chi connectivity index (χ1) is 21.9. The van der Waals surface area contributed by atoms with E-state index in [9.17, 15) is 9.59 Å². The normalized spacial score (nSPS) is 13.5. The first-order valence-electron chi connectivity index (χ1n) is 15.4. The maximum atomic E-state index is 12.4. The Morgan fingerprint density at radius 2 is 1.51 bits per heavy atom. The molecular weight excluding hydrogens is 564 g/mol. The molecule has 1 aromatic heterocycles. The number of ketones is 1. The van der Waals surface area contributed by atoms with Crippen LogP contribution in [0.1, 0.15) is 29.8 Å². The number of imidazole rings is 1. The van der Waals surface area contributed by atoms with Crippen molar-refractivity contribution in [2.75, 3.05) is 54.9 Å². The Kier molecular flexibility index (Phi) is 9.07. The number of hydrogen-bond acceptors (Lipinski definition) is 6. The number of urea groups is 1. The molecule has 0 unspecified atom stereocenters. The summed E-state index contributed by atoms with van der Waals surface area (Å²) < 4.78 is 6.00. The lowest BCUT2D eigenvalue weighted by Crippen LogP contribution is -2.47. The van der Waals surface area contributed by atoms with Crippen LogP contribution in [0, 0.1) is 0 Å². The van der Waals surface area contributed by atoms with Crippen LogP contribution in [0.2, 0.25) is 0 Å². The number of aromatic amines is 1. The highest BCUT2D eigenvalue weighted by atomic mass is 16.5. The molecule has 0 spiro atoms. The van der Waals surface area contributed by atoms with Gasteiger partial charge in [0.05, 0.1) is 11.2 Å². The van der Waals surface area contributed by atoms with Crippen LogP contribution in [0.5, 0.6) is 5.75 Å². The molecule has 3 N–H and O–H groups in total. The fraction of sp³-hybridized carbons (Fsp3) is 0.250. The van der Waals surface area contributed by atoms with Gasteiger partial charge >= 0.3 is 6.03 Å². The van der Waals surface area contributed by atoms with Gasteiger partial charge in [-0.2, -0.15) is 0 Å². The predicted molar refractivity (Wildman–Crippen MR) is 181 cm³/mol. The van der Waals surface area contributed by atoms with Crippen molar-refractivity contribution in [1.82, 2.24) is 14.9 Å². The van der Waals surface area contributed by atoms with E-state index < -0.39 is 0 Å². The number of piperazine rings is 1. The van der Waals surface area contributed by atoms with Crippen LogP contribution in [0.15, 0.2) is 91.0 Å². The number of hydrogen-bond donors (Lipinski definition) is 3. The second kappa shape index (κ2) is 13.7. The second-order valence-corrected chi connectivity index (χ2v) is 11.2. The molecule has 2 heterocycles. The molecule has 0 atom stereocenters. The Labute approximate surface area is 263 Å². The van der Waals surface area contributed by atoms with Crippen molar-refractivity contribution in [3.63, 3.8) is 0 Å². The monoisotopic (exact) mass is 602 g/mol. The lowest BCUT2D eigenvalue weighted by molar-refractivity contribution is 0.101. The number of H-pyrrole nitrogens is 1. The fourth-order valence-corrected chi connectivity index (χ4v) is 5.53. The molecule has 1 saturated heterocycles. The molecule has 9 nitrogen and oxygen atoms in total. The van der Waals surface area contributed by atoms with E-state index in [2.05, 4.69) is 74.8 Å². The van der Waals surface area contributed by atoms with E-state index in [1.54, 1.807) is 24.3 Å². The molecular formula is C36H38N6O3. The number of benzene rings is 4. The molecule has 1 aliphatic rings. The third-order valence-electron chi connectivity index (χ3n) is 8.18. The Morgan fingerprint density at radius 1 is 0.844 bits per heavy atom. The Balaban J connectivity index is 0.956. The largest absolute Gasteiger partial charge is 0.492 e. The first kappa shape index (κ1) is 29.9. The number of rotatable bonds is 10. The quantitative estimate of drug-likeness (QED) is 0.151. The third kappa shape index (κ3) is 7.33. The molecule has 0 radical (unpaired) electrons. The minimum atomic E-state index is -0.357. The molecule has 0 aliphatic carbocycles. The number of fused-ring (bicyclic) bond motifs is 1. The minimum absolute atomic E-state index is 0.0154. The Bertz CT molecular complexity index is 1760. The van der Waals surface area contributed by atoms with Crippen LogP contribution < -0.4 is 20.3 Å². The number of nitrogens with one attached hydrogen (secondary N) is 3. The summed E-state index contributed by atoms with van der Waals surface area (Å²) >= 11 is 0. The van der Waals surface area contributed by atoms with Crippen LogP contribution in [-0.4, -0.2) is 66.0 Å². The van der Waals surface area contributed by atoms with Crippen LogP contribution in [-0.2, 0) is 6.42 Å². The summed E-state index contributed by atoms with van der Waals surface area (Å²) in [7, 11) is 0. The van der Waals surface area contributed by atoms with Gasteiger partial charge in [-0.25, -0.2) is 9.78 Å². The number of nitrogens with zero attached hydrogens (tertiary/aromatic N) is 3. The molecule has 1 aliphatic heterocycles. The van der Waals surface area contributed by atoms with Crippen molar-refractivity contribution >= 4 is 39.9 Å². The Morgan fingerprint density at radius 3 is 2.16 bits per heavy atom. The summed E-state index contributed by atoms with van der Waals surface area (Å²) in [6.07, 6.45) is 1.03. The zero-order chi connectivity index (χ0) is 31.2. The topological polar surface area (TPSA) is 103 Å². The molecule has 2 amide bonds.